The Labute approximate surface area is 430 Å². The zero-order valence-corrected chi connectivity index (χ0v) is 43.0. The number of fused-ring (bicyclic) bond motifs is 5. The first-order valence-corrected chi connectivity index (χ1v) is 25.2. The van der Waals surface area contributed by atoms with Crippen LogP contribution in [0.3, 0.4) is 0 Å². The Morgan fingerprint density at radius 3 is 2.34 bits per heavy atom. The van der Waals surface area contributed by atoms with Crippen LogP contribution in [-0.4, -0.2) is 116 Å². The highest BCUT2D eigenvalue weighted by Crippen LogP contribution is 2.69. The molecule has 3 saturated carbocycles. The van der Waals surface area contributed by atoms with Crippen LogP contribution < -0.4 is 35.3 Å². The third kappa shape index (κ3) is 9.22. The molecule has 0 aromatic heterocycles. The Kier molecular flexibility index (Phi) is 15.2. The second-order valence-corrected chi connectivity index (χ2v) is 21.2. The highest BCUT2D eigenvalue weighted by molar-refractivity contribution is 6.02. The van der Waals surface area contributed by atoms with Gasteiger partial charge in [-0.2, -0.15) is 5.26 Å². The van der Waals surface area contributed by atoms with Gasteiger partial charge in [-0.05, 0) is 110 Å². The summed E-state index contributed by atoms with van der Waals surface area (Å²) >= 11 is 0. The number of dihydropyridines is 1. The van der Waals surface area contributed by atoms with E-state index in [0.717, 1.165) is 11.1 Å². The van der Waals surface area contributed by atoms with Crippen molar-refractivity contribution < 1.29 is 68.7 Å². The maximum Gasteiger partial charge on any atom is 0.343 e. The van der Waals surface area contributed by atoms with Gasteiger partial charge in [0.15, 0.2) is 22.7 Å². The van der Waals surface area contributed by atoms with Crippen LogP contribution in [0.2, 0.25) is 0 Å². The monoisotopic (exact) mass is 1020 g/mol. The van der Waals surface area contributed by atoms with Crippen molar-refractivity contribution in [1.82, 2.24) is 10.6 Å². The van der Waals surface area contributed by atoms with Crippen LogP contribution in [0, 0.1) is 35.0 Å². The van der Waals surface area contributed by atoms with E-state index in [-0.39, 0.29) is 89.4 Å². The number of benzene rings is 2. The second-order valence-electron chi connectivity index (χ2n) is 21.2. The number of nitriles is 1. The van der Waals surface area contributed by atoms with E-state index in [4.69, 9.17) is 29.4 Å². The number of Topliss-reactive ketones (excluding diaryl/α,β-unsaturated/α-hetero) is 1. The van der Waals surface area contributed by atoms with Gasteiger partial charge in [-0.25, -0.2) is 4.79 Å². The van der Waals surface area contributed by atoms with Crippen molar-refractivity contribution in [2.75, 3.05) is 19.8 Å². The van der Waals surface area contributed by atoms with Crippen molar-refractivity contribution in [1.29, 1.82) is 5.26 Å². The van der Waals surface area contributed by atoms with E-state index in [0.29, 0.717) is 35.3 Å². The van der Waals surface area contributed by atoms with E-state index in [2.05, 4.69) is 22.8 Å². The average Bonchev–Trinajstić information content (AvgIpc) is 3.37. The molecule has 0 radical (unpaired) electrons. The number of ketones is 1. The van der Waals surface area contributed by atoms with E-state index in [9.17, 15) is 45.5 Å². The maximum absolute atomic E-state index is 15.3. The van der Waals surface area contributed by atoms with Gasteiger partial charge in [-0.3, -0.25) is 9.59 Å². The molecule has 1 saturated heterocycles. The molecule has 4 fully saturated rings. The number of carbonyl (C=O) groups is 3. The third-order valence-corrected chi connectivity index (χ3v) is 15.3. The summed E-state index contributed by atoms with van der Waals surface area (Å²) in [5.41, 5.74) is 5.93. The minimum Gasteiger partial charge on any atom is -0.482 e. The minimum atomic E-state index is -2.34. The predicted molar refractivity (Wildman–Crippen MR) is 271 cm³/mol. The van der Waals surface area contributed by atoms with Crippen molar-refractivity contribution in [2.24, 2.45) is 29.4 Å². The number of allylic oxidation sites excluding steroid dienone is 5. The summed E-state index contributed by atoms with van der Waals surface area (Å²) in [6.07, 6.45) is 3.06. The first kappa shape index (κ1) is 54.0. The molecule has 1 amide bonds. The minimum absolute atomic E-state index is 0.00398. The maximum atomic E-state index is 15.3. The van der Waals surface area contributed by atoms with Crippen LogP contribution in [0.5, 0.6) is 23.0 Å². The van der Waals surface area contributed by atoms with Gasteiger partial charge in [0.1, 0.15) is 53.1 Å². The average molecular weight is 1020 g/mol. The van der Waals surface area contributed by atoms with Gasteiger partial charge in [0, 0.05) is 47.4 Å². The summed E-state index contributed by atoms with van der Waals surface area (Å²) in [6.45, 7) is 14.4. The fraction of sp³-hybridized carbons (Fsp3) is 0.500. The number of hydrogen-bond acceptors (Lipinski definition) is 17. The summed E-state index contributed by atoms with van der Waals surface area (Å²) in [5.74, 6) is -4.10. The lowest BCUT2D eigenvalue weighted by molar-refractivity contribution is -0.277. The van der Waals surface area contributed by atoms with E-state index < -0.39 is 89.5 Å². The molecule has 1 spiro atoms. The van der Waals surface area contributed by atoms with Gasteiger partial charge >= 0.3 is 5.97 Å². The fourth-order valence-electron chi connectivity index (χ4n) is 11.4. The number of nitrogens with one attached hydrogen (secondary N) is 2. The molecule has 396 valence electrons. The van der Waals surface area contributed by atoms with Crippen LogP contribution in [0.25, 0.3) is 11.8 Å². The van der Waals surface area contributed by atoms with E-state index >= 15 is 4.79 Å². The number of nitrogens with two attached hydrogens (primary N) is 1. The van der Waals surface area contributed by atoms with Gasteiger partial charge in [-0.1, -0.05) is 43.2 Å². The number of rotatable bonds is 16. The summed E-state index contributed by atoms with van der Waals surface area (Å²) in [7, 11) is 0. The van der Waals surface area contributed by atoms with Crippen molar-refractivity contribution >= 4 is 29.4 Å². The largest absolute Gasteiger partial charge is 0.482 e. The lowest BCUT2D eigenvalue weighted by Gasteiger charge is -2.65. The summed E-state index contributed by atoms with van der Waals surface area (Å²) in [6, 6.07) is 7.91. The first-order valence-electron chi connectivity index (χ1n) is 25.2. The number of amides is 1. The van der Waals surface area contributed by atoms with Gasteiger partial charge in [0.25, 0.3) is 0 Å². The molecule has 9 rings (SSSR count). The number of ether oxygens (including phenoxy) is 5. The van der Waals surface area contributed by atoms with Crippen LogP contribution in [0.4, 0.5) is 0 Å². The lowest BCUT2D eigenvalue weighted by atomic mass is 9.43. The molecule has 4 heterocycles. The highest BCUT2D eigenvalue weighted by Gasteiger charge is 2.76. The number of aliphatic hydroxyl groups is 6. The molecular formula is C56H68N4O14. The normalized spacial score (nSPS) is 30.5. The molecule has 6 unspecified atom stereocenters. The molecule has 18 nitrogen and oxygen atoms in total. The van der Waals surface area contributed by atoms with Crippen molar-refractivity contribution in [3.8, 4) is 29.1 Å². The first-order chi connectivity index (χ1) is 35.1. The third-order valence-electron chi connectivity index (χ3n) is 15.3. The summed E-state index contributed by atoms with van der Waals surface area (Å²) in [5, 5.41) is 80.6. The zero-order chi connectivity index (χ0) is 53.8. The predicted octanol–water partition coefficient (Wildman–Crippen LogP) is 4.31. The summed E-state index contributed by atoms with van der Waals surface area (Å²) < 4.78 is 32.6. The smallest absolute Gasteiger partial charge is 0.343 e. The second kappa shape index (κ2) is 20.8. The Balaban J connectivity index is 1.35. The topological polar surface area (TPSA) is 293 Å². The molecule has 2 aromatic rings. The molecule has 18 heteroatoms. The molecule has 2 bridgehead atoms. The molecule has 7 aliphatic rings. The SMILES string of the molecule is CC(C)=CCCC1(C)C=Cc2c(c(CC=C(C)C)c3c(c2OC(=O)c2ccc(O[C@H]4O[C@@H](CO)[C@H](O)[C@@H](O)[C@@H]4O)cc2)C2=C4C(C(C#N)=C(N)N2)C2CC(C(C)C)C4(O3)C(O)(C/C=C(/C)C(=O)NCCO)C2=O)O1. The van der Waals surface area contributed by atoms with Crippen LogP contribution >= 0.6 is 0 Å². The quantitative estimate of drug-likeness (QED) is 0.0490. The van der Waals surface area contributed by atoms with E-state index in [1.54, 1.807) is 6.92 Å². The van der Waals surface area contributed by atoms with Gasteiger partial charge in [0.2, 0.25) is 12.2 Å². The Bertz CT molecular complexity index is 2830. The molecule has 10 N–H and O–H groups in total. The number of aliphatic hydroxyl groups excluding tert-OH is 5. The zero-order valence-electron chi connectivity index (χ0n) is 43.0. The van der Waals surface area contributed by atoms with Gasteiger partial charge in [-0.15, -0.1) is 0 Å². The van der Waals surface area contributed by atoms with Gasteiger partial charge < -0.3 is 70.7 Å². The molecule has 3 aliphatic carbocycles. The highest BCUT2D eigenvalue weighted by atomic mass is 16.7. The molecule has 4 aliphatic heterocycles. The van der Waals surface area contributed by atoms with Crippen LogP contribution in [-0.2, 0) is 20.7 Å². The van der Waals surface area contributed by atoms with Crippen molar-refractivity contribution in [3.63, 3.8) is 0 Å². The van der Waals surface area contributed by atoms with Crippen LogP contribution in [0.15, 0.2) is 82.3 Å². The molecule has 11 atom stereocenters. The molecular weight excluding hydrogens is 953 g/mol. The fourth-order valence-corrected chi connectivity index (χ4v) is 11.4. The number of esters is 1. The van der Waals surface area contributed by atoms with E-state index in [1.165, 1.54) is 30.3 Å². The molecule has 2 aromatic carbocycles. The number of carbonyl (C=O) groups excluding carboxylic acids is 3. The van der Waals surface area contributed by atoms with Crippen molar-refractivity contribution in [2.45, 2.75) is 135 Å². The summed E-state index contributed by atoms with van der Waals surface area (Å²) in [4.78, 5) is 43.2. The number of nitrogens with zero attached hydrogens (tertiary/aromatic N) is 1. The standard InChI is InChI=1S/C56H68N4O14/c1-27(2)10-9-19-54(8)20-18-34-46(73-54)33(16-11-28(3)4)48-40(47(34)72-52(68)31-12-14-32(15-13-31)70-53-45(65)44(64)43(63)38(26-62)71-53)42-41-39(36(25-57)50(58)60-42)35-24-37(29(5)6)56(41,74-48)55(69,49(35)66)21-17-30(7)51(67)59-22-23-61/h10-15,17-18,20,29,35,37-39,43-45,53,60-65,69H,9,16,19,21-24,26,58H2,1-8H3,(H,59,67)/b30-17-/t35?,37?,38-,39?,43-,44+,45-,53-,54?,55?,56?/m0/s1. The number of hydrogen-bond donors (Lipinski definition) is 9. The Morgan fingerprint density at radius 1 is 1.00 bits per heavy atom. The molecule has 74 heavy (non-hydrogen) atoms. The van der Waals surface area contributed by atoms with Crippen LogP contribution in [0.1, 0.15) is 108 Å². The van der Waals surface area contributed by atoms with Gasteiger partial charge in [0.05, 0.1) is 47.2 Å². The lowest BCUT2D eigenvalue weighted by Crippen LogP contribution is -2.78. The Morgan fingerprint density at radius 2 is 1.70 bits per heavy atom. The Hall–Kier alpha value is -6.30. The van der Waals surface area contributed by atoms with E-state index in [1.807, 2.05) is 66.7 Å². The van der Waals surface area contributed by atoms with Crippen molar-refractivity contribution in [3.05, 3.63) is 105 Å².